The van der Waals surface area contributed by atoms with Gasteiger partial charge in [-0.25, -0.2) is 9.59 Å². The van der Waals surface area contributed by atoms with Gasteiger partial charge in [0, 0.05) is 28.2 Å². The Balaban J connectivity index is 1.86. The maximum atomic E-state index is 13.6. The molecule has 1 amide bonds. The van der Waals surface area contributed by atoms with Gasteiger partial charge in [0.05, 0.1) is 18.2 Å². The number of anilines is 1. The third-order valence-electron chi connectivity index (χ3n) is 7.63. The number of aromatic carboxylic acids is 1. The fourth-order valence-electron chi connectivity index (χ4n) is 4.20. The van der Waals surface area contributed by atoms with Gasteiger partial charge in [-0.3, -0.25) is 0 Å². The molecular weight excluding hydrogens is 600 g/mol. The van der Waals surface area contributed by atoms with Crippen molar-refractivity contribution in [2.75, 3.05) is 18.4 Å². The number of carboxylic acids is 1. The Kier molecular flexibility index (Phi) is 11.2. The van der Waals surface area contributed by atoms with Crippen molar-refractivity contribution >= 4 is 49.0 Å². The Hall–Kier alpha value is -2.85. The average molecular weight is 645 g/mol. The number of carbonyl (C=O) groups is 2. The average Bonchev–Trinajstić information content (AvgIpc) is 3.39. The van der Waals surface area contributed by atoms with E-state index < -0.39 is 32.1 Å². The van der Waals surface area contributed by atoms with Crippen LogP contribution in [-0.2, 0) is 9.16 Å². The summed E-state index contributed by atoms with van der Waals surface area (Å²) in [5, 5.41) is 15.3. The van der Waals surface area contributed by atoms with E-state index in [4.69, 9.17) is 20.8 Å². The lowest BCUT2D eigenvalue weighted by molar-refractivity contribution is 0.00798. The van der Waals surface area contributed by atoms with Crippen molar-refractivity contribution in [1.82, 2.24) is 4.90 Å². The molecule has 2 N–H and O–H groups in total. The van der Waals surface area contributed by atoms with E-state index in [0.717, 1.165) is 21.7 Å². The summed E-state index contributed by atoms with van der Waals surface area (Å²) in [5.74, 6) is -0.942. The Morgan fingerprint density at radius 1 is 1.05 bits per heavy atom. The molecule has 3 aromatic rings. The Labute approximate surface area is 266 Å². The first kappa shape index (κ1) is 34.6. The normalized spacial score (nSPS) is 13.7. The van der Waals surface area contributed by atoms with Crippen molar-refractivity contribution in [2.45, 2.75) is 84.3 Å². The molecule has 3 rings (SSSR count). The van der Waals surface area contributed by atoms with Crippen LogP contribution < -0.4 is 5.32 Å². The Bertz CT molecular complexity index is 1400. The summed E-state index contributed by atoms with van der Waals surface area (Å²) in [4.78, 5) is 27.6. The van der Waals surface area contributed by atoms with Crippen molar-refractivity contribution in [3.63, 3.8) is 0 Å². The molecule has 0 spiro atoms. The summed E-state index contributed by atoms with van der Waals surface area (Å²) < 4.78 is 12.8. The zero-order valence-corrected chi connectivity index (χ0v) is 29.2. The van der Waals surface area contributed by atoms with Crippen molar-refractivity contribution in [2.24, 2.45) is 0 Å². The summed E-state index contributed by atoms with van der Waals surface area (Å²) in [6, 6.07) is 16.6. The van der Waals surface area contributed by atoms with Gasteiger partial charge in [-0.2, -0.15) is 0 Å². The van der Waals surface area contributed by atoms with E-state index in [0.29, 0.717) is 23.7 Å². The van der Waals surface area contributed by atoms with E-state index in [2.05, 4.69) is 39.2 Å². The van der Waals surface area contributed by atoms with Gasteiger partial charge in [-0.1, -0.05) is 56.6 Å². The Morgan fingerprint density at radius 2 is 1.70 bits per heavy atom. The third-order valence-corrected chi connectivity index (χ3v) is 13.3. The summed E-state index contributed by atoms with van der Waals surface area (Å²) in [6.07, 6.45) is -0.815. The molecule has 1 heterocycles. The van der Waals surface area contributed by atoms with Crippen molar-refractivity contribution < 1.29 is 23.9 Å². The molecule has 1 aromatic heterocycles. The number of hydrogen-bond donors (Lipinski definition) is 2. The number of carbonyl (C=O) groups excluding carboxylic acids is 1. The van der Waals surface area contributed by atoms with E-state index in [1.54, 1.807) is 16.3 Å². The van der Waals surface area contributed by atoms with Gasteiger partial charge in [0.1, 0.15) is 5.60 Å². The number of carboxylic acid groups (broad SMARTS) is 1. The fourth-order valence-corrected chi connectivity index (χ4v) is 6.57. The topological polar surface area (TPSA) is 88.1 Å². The van der Waals surface area contributed by atoms with Crippen LogP contribution in [0.15, 0.2) is 60.0 Å². The van der Waals surface area contributed by atoms with Crippen LogP contribution in [0.4, 0.5) is 10.5 Å². The SMILES string of the molecule is C[C@H](CNc1ccc(-c2sccc2C(=O)O)cc1)N(C[C@H](O[Si](C)(C)C(C)(C)C)c1cccc(Cl)c1)C(=O)OC(C)(C)C. The quantitative estimate of drug-likeness (QED) is 0.202. The smallest absolute Gasteiger partial charge is 0.410 e. The van der Waals surface area contributed by atoms with Gasteiger partial charge in [-0.05, 0) is 92.7 Å². The minimum atomic E-state index is -2.24. The highest BCUT2D eigenvalue weighted by Crippen LogP contribution is 2.40. The molecule has 0 bridgehead atoms. The molecule has 0 aliphatic carbocycles. The first-order valence-corrected chi connectivity index (χ1v) is 18.6. The van der Waals surface area contributed by atoms with Crippen molar-refractivity contribution in [3.8, 4) is 10.4 Å². The molecule has 43 heavy (non-hydrogen) atoms. The molecule has 0 aliphatic heterocycles. The molecule has 10 heteroatoms. The van der Waals surface area contributed by atoms with Crippen LogP contribution in [0.3, 0.4) is 0 Å². The lowest BCUT2D eigenvalue weighted by Crippen LogP contribution is -2.49. The van der Waals surface area contributed by atoms with Crippen LogP contribution in [0.2, 0.25) is 23.2 Å². The summed E-state index contributed by atoms with van der Waals surface area (Å²) in [5.41, 5.74) is 2.24. The van der Waals surface area contributed by atoms with E-state index in [1.807, 2.05) is 76.2 Å². The fraction of sp³-hybridized carbons (Fsp3) is 0.455. The zero-order valence-electron chi connectivity index (χ0n) is 26.7. The molecule has 0 unspecified atom stereocenters. The second-order valence-corrected chi connectivity index (χ2v) is 19.4. The van der Waals surface area contributed by atoms with Crippen LogP contribution in [0.1, 0.15) is 70.5 Å². The van der Waals surface area contributed by atoms with E-state index in [1.165, 1.54) is 11.3 Å². The van der Waals surface area contributed by atoms with E-state index >= 15 is 0 Å². The van der Waals surface area contributed by atoms with Crippen LogP contribution in [0.25, 0.3) is 10.4 Å². The van der Waals surface area contributed by atoms with Crippen LogP contribution in [0.5, 0.6) is 0 Å². The second kappa shape index (κ2) is 13.8. The number of nitrogens with one attached hydrogen (secondary N) is 1. The molecule has 0 radical (unpaired) electrons. The highest BCUT2D eigenvalue weighted by molar-refractivity contribution is 7.14. The lowest BCUT2D eigenvalue weighted by Gasteiger charge is -2.41. The van der Waals surface area contributed by atoms with Crippen molar-refractivity contribution in [1.29, 1.82) is 0 Å². The van der Waals surface area contributed by atoms with E-state index in [9.17, 15) is 14.7 Å². The first-order chi connectivity index (χ1) is 19.9. The number of benzene rings is 2. The number of nitrogens with zero attached hydrogens (tertiary/aromatic N) is 1. The van der Waals surface area contributed by atoms with Gasteiger partial charge < -0.3 is 24.5 Å². The minimum Gasteiger partial charge on any atom is -0.478 e. The highest BCUT2D eigenvalue weighted by atomic mass is 35.5. The Morgan fingerprint density at radius 3 is 2.26 bits per heavy atom. The van der Waals surface area contributed by atoms with Gasteiger partial charge >= 0.3 is 12.1 Å². The highest BCUT2D eigenvalue weighted by Gasteiger charge is 2.41. The lowest BCUT2D eigenvalue weighted by atomic mass is 10.1. The van der Waals surface area contributed by atoms with Crippen molar-refractivity contribution in [3.05, 3.63) is 76.1 Å². The minimum absolute atomic E-state index is 0.0335. The number of hydrogen-bond acceptors (Lipinski definition) is 6. The predicted octanol–water partition coefficient (Wildman–Crippen LogP) is 9.57. The first-order valence-electron chi connectivity index (χ1n) is 14.5. The maximum absolute atomic E-state index is 13.6. The molecule has 234 valence electrons. The zero-order chi connectivity index (χ0) is 32.2. The summed E-state index contributed by atoms with van der Waals surface area (Å²) in [6.45, 7) is 19.3. The van der Waals surface area contributed by atoms with Gasteiger partial charge in [0.15, 0.2) is 8.32 Å². The molecule has 7 nitrogen and oxygen atoms in total. The maximum Gasteiger partial charge on any atom is 0.410 e. The molecular formula is C33H45ClN2O5SSi. The molecule has 2 atom stereocenters. The standard InChI is InChI=1S/C33H45ClN2O5SSi/c1-22(20-35-26-15-13-23(14-16-26)29-27(30(37)38)17-18-42-29)36(31(39)40-32(2,3)4)21-28(24-11-10-12-25(34)19-24)41-43(8,9)33(5,6)7/h10-19,22,28,35H,20-21H2,1-9H3,(H,37,38)/t22-,28+/m1/s1. The largest absolute Gasteiger partial charge is 0.478 e. The molecule has 2 aromatic carbocycles. The number of thiophene rings is 1. The third kappa shape index (κ3) is 9.57. The second-order valence-electron chi connectivity index (χ2n) is 13.3. The number of halogens is 1. The van der Waals surface area contributed by atoms with Crippen LogP contribution in [-0.4, -0.2) is 55.1 Å². The van der Waals surface area contributed by atoms with Crippen LogP contribution >= 0.6 is 22.9 Å². The number of ether oxygens (including phenoxy) is 1. The molecule has 0 fully saturated rings. The van der Waals surface area contributed by atoms with Gasteiger partial charge in [0.25, 0.3) is 0 Å². The monoisotopic (exact) mass is 644 g/mol. The number of amides is 1. The molecule has 0 aliphatic rings. The molecule has 0 saturated carbocycles. The van der Waals surface area contributed by atoms with Gasteiger partial charge in [-0.15, -0.1) is 11.3 Å². The van der Waals surface area contributed by atoms with Crippen LogP contribution in [0, 0.1) is 0 Å². The van der Waals surface area contributed by atoms with Gasteiger partial charge in [0.2, 0.25) is 0 Å². The predicted molar refractivity (Wildman–Crippen MR) is 180 cm³/mol. The summed E-state index contributed by atoms with van der Waals surface area (Å²) in [7, 11) is -2.24. The van der Waals surface area contributed by atoms with E-state index in [-0.39, 0.29) is 11.1 Å². The number of rotatable bonds is 11. The summed E-state index contributed by atoms with van der Waals surface area (Å²) >= 11 is 7.80. The molecule has 0 saturated heterocycles.